The van der Waals surface area contributed by atoms with E-state index in [2.05, 4.69) is 15.4 Å². The van der Waals surface area contributed by atoms with Gasteiger partial charge in [-0.3, -0.25) is 9.48 Å². The number of aromatic nitrogens is 3. The molecule has 1 atom stereocenters. The first-order chi connectivity index (χ1) is 11.2. The third-order valence-corrected chi connectivity index (χ3v) is 4.00. The van der Waals surface area contributed by atoms with Gasteiger partial charge in [0.05, 0.1) is 13.0 Å². The summed E-state index contributed by atoms with van der Waals surface area (Å²) in [4.78, 5) is 16.4. The number of nitrogens with one attached hydrogen (secondary N) is 1. The molecule has 7 nitrogen and oxygen atoms in total. The van der Waals surface area contributed by atoms with Crippen LogP contribution in [0.5, 0.6) is 11.5 Å². The minimum Gasteiger partial charge on any atom is -0.493 e. The largest absolute Gasteiger partial charge is 0.493 e. The number of para-hydroxylation sites is 1. The summed E-state index contributed by atoms with van der Waals surface area (Å²) >= 11 is 0. The van der Waals surface area contributed by atoms with Crippen molar-refractivity contribution in [1.29, 1.82) is 0 Å². The Hall–Kier alpha value is -2.57. The molecule has 0 aliphatic carbocycles. The predicted molar refractivity (Wildman–Crippen MR) is 83.4 cm³/mol. The zero-order chi connectivity index (χ0) is 16.2. The van der Waals surface area contributed by atoms with Crippen molar-refractivity contribution in [2.75, 3.05) is 20.3 Å². The first-order valence-electron chi connectivity index (χ1n) is 7.58. The average molecular weight is 316 g/mol. The Kier molecular flexibility index (Phi) is 4.45. The standard InChI is InChI=1S/C16H20N4O3/c1-20-14(18-10-19-20)6-7-17-16(21)12-8-11-4-3-5-13(22-2)15(11)23-9-12/h3-5,10,12H,6-9H2,1-2H3,(H,17,21). The van der Waals surface area contributed by atoms with Gasteiger partial charge in [-0.1, -0.05) is 12.1 Å². The number of rotatable bonds is 5. The molecular weight excluding hydrogens is 296 g/mol. The molecule has 0 fully saturated rings. The predicted octanol–water partition coefficient (Wildman–Crippen LogP) is 0.734. The van der Waals surface area contributed by atoms with Gasteiger partial charge in [-0.05, 0) is 18.1 Å². The zero-order valence-corrected chi connectivity index (χ0v) is 13.3. The Balaban J connectivity index is 1.56. The Morgan fingerprint density at radius 2 is 2.39 bits per heavy atom. The third kappa shape index (κ3) is 3.28. The number of benzene rings is 1. The van der Waals surface area contributed by atoms with Crippen LogP contribution < -0.4 is 14.8 Å². The number of amides is 1. The lowest BCUT2D eigenvalue weighted by Crippen LogP contribution is -2.38. The number of carbonyl (C=O) groups excluding carboxylic acids is 1. The maximum Gasteiger partial charge on any atom is 0.226 e. The molecule has 23 heavy (non-hydrogen) atoms. The van der Waals surface area contributed by atoms with Crippen LogP contribution in [0.1, 0.15) is 11.4 Å². The summed E-state index contributed by atoms with van der Waals surface area (Å²) in [6.07, 6.45) is 2.82. The SMILES string of the molecule is COc1cccc2c1OCC(C(=O)NCCc1ncnn1C)C2. The Morgan fingerprint density at radius 3 is 3.13 bits per heavy atom. The summed E-state index contributed by atoms with van der Waals surface area (Å²) in [7, 11) is 3.45. The van der Waals surface area contributed by atoms with Gasteiger partial charge in [-0.2, -0.15) is 5.10 Å². The van der Waals surface area contributed by atoms with Gasteiger partial charge in [-0.25, -0.2) is 4.98 Å². The van der Waals surface area contributed by atoms with Gasteiger partial charge in [0.25, 0.3) is 0 Å². The minimum absolute atomic E-state index is 0.000591. The molecule has 1 aromatic heterocycles. The average Bonchev–Trinajstić information content (AvgIpc) is 2.98. The second-order valence-electron chi connectivity index (χ2n) is 5.50. The molecule has 7 heteroatoms. The van der Waals surface area contributed by atoms with Gasteiger partial charge in [0.15, 0.2) is 11.5 Å². The van der Waals surface area contributed by atoms with Crippen LogP contribution >= 0.6 is 0 Å². The summed E-state index contributed by atoms with van der Waals surface area (Å²) < 4.78 is 12.7. The van der Waals surface area contributed by atoms with E-state index in [1.807, 2.05) is 25.2 Å². The molecule has 3 rings (SSSR count). The molecule has 1 aliphatic rings. The highest BCUT2D eigenvalue weighted by Gasteiger charge is 2.27. The van der Waals surface area contributed by atoms with Gasteiger partial charge >= 0.3 is 0 Å². The maximum absolute atomic E-state index is 12.3. The van der Waals surface area contributed by atoms with Gasteiger partial charge < -0.3 is 14.8 Å². The van der Waals surface area contributed by atoms with Gasteiger partial charge in [0.1, 0.15) is 18.8 Å². The normalized spacial score (nSPS) is 16.3. The lowest BCUT2D eigenvalue weighted by molar-refractivity contribution is -0.126. The fourth-order valence-electron chi connectivity index (χ4n) is 2.71. The number of fused-ring (bicyclic) bond motifs is 1. The number of carbonyl (C=O) groups is 1. The van der Waals surface area contributed by atoms with Crippen LogP contribution in [-0.2, 0) is 24.7 Å². The van der Waals surface area contributed by atoms with E-state index in [0.717, 1.165) is 17.1 Å². The number of hydrogen-bond donors (Lipinski definition) is 1. The maximum atomic E-state index is 12.3. The van der Waals surface area contributed by atoms with E-state index in [1.165, 1.54) is 6.33 Å². The van der Waals surface area contributed by atoms with Crippen molar-refractivity contribution in [2.24, 2.45) is 13.0 Å². The summed E-state index contributed by atoms with van der Waals surface area (Å²) in [6, 6.07) is 5.74. The van der Waals surface area contributed by atoms with Crippen LogP contribution in [0.15, 0.2) is 24.5 Å². The van der Waals surface area contributed by atoms with E-state index in [4.69, 9.17) is 9.47 Å². The van der Waals surface area contributed by atoms with Gasteiger partial charge in [-0.15, -0.1) is 0 Å². The minimum atomic E-state index is -0.186. The fourth-order valence-corrected chi connectivity index (χ4v) is 2.71. The first-order valence-corrected chi connectivity index (χ1v) is 7.58. The van der Waals surface area contributed by atoms with Crippen LogP contribution in [-0.4, -0.2) is 40.9 Å². The van der Waals surface area contributed by atoms with E-state index < -0.39 is 0 Å². The quantitative estimate of drug-likeness (QED) is 0.880. The monoisotopic (exact) mass is 316 g/mol. The molecule has 0 saturated carbocycles. The second kappa shape index (κ2) is 6.68. The van der Waals surface area contributed by atoms with Crippen LogP contribution in [0.3, 0.4) is 0 Å². The Morgan fingerprint density at radius 1 is 1.52 bits per heavy atom. The molecule has 1 unspecified atom stereocenters. The van der Waals surface area contributed by atoms with Crippen molar-refractivity contribution in [2.45, 2.75) is 12.8 Å². The summed E-state index contributed by atoms with van der Waals surface area (Å²) in [5.41, 5.74) is 1.00. The second-order valence-corrected chi connectivity index (χ2v) is 5.50. The van der Waals surface area contributed by atoms with E-state index in [-0.39, 0.29) is 11.8 Å². The van der Waals surface area contributed by atoms with Crippen LogP contribution in [0.25, 0.3) is 0 Å². The van der Waals surface area contributed by atoms with E-state index in [1.54, 1.807) is 11.8 Å². The zero-order valence-electron chi connectivity index (χ0n) is 13.3. The topological polar surface area (TPSA) is 78.3 Å². The van der Waals surface area contributed by atoms with Crippen molar-refractivity contribution in [3.8, 4) is 11.5 Å². The molecule has 1 amide bonds. The van der Waals surface area contributed by atoms with Crippen molar-refractivity contribution in [1.82, 2.24) is 20.1 Å². The Labute approximate surface area is 134 Å². The number of hydrogen-bond acceptors (Lipinski definition) is 5. The number of aryl methyl sites for hydroxylation is 1. The van der Waals surface area contributed by atoms with E-state index in [0.29, 0.717) is 31.7 Å². The first kappa shape index (κ1) is 15.3. The number of ether oxygens (including phenoxy) is 2. The van der Waals surface area contributed by atoms with Crippen LogP contribution in [0.4, 0.5) is 0 Å². The molecule has 0 saturated heterocycles. The van der Waals surface area contributed by atoms with Crippen LogP contribution in [0, 0.1) is 5.92 Å². The highest BCUT2D eigenvalue weighted by atomic mass is 16.5. The molecule has 1 aromatic carbocycles. The molecular formula is C16H20N4O3. The van der Waals surface area contributed by atoms with Crippen molar-refractivity contribution < 1.29 is 14.3 Å². The smallest absolute Gasteiger partial charge is 0.226 e. The highest BCUT2D eigenvalue weighted by molar-refractivity contribution is 5.79. The molecule has 0 spiro atoms. The highest BCUT2D eigenvalue weighted by Crippen LogP contribution is 2.35. The molecule has 1 N–H and O–H groups in total. The molecule has 2 aromatic rings. The lowest BCUT2D eigenvalue weighted by atomic mass is 9.95. The van der Waals surface area contributed by atoms with Crippen LogP contribution in [0.2, 0.25) is 0 Å². The molecule has 0 radical (unpaired) electrons. The summed E-state index contributed by atoms with van der Waals surface area (Å²) in [5.74, 6) is 2.12. The molecule has 0 bridgehead atoms. The Bertz CT molecular complexity index is 698. The summed E-state index contributed by atoms with van der Waals surface area (Å²) in [6.45, 7) is 0.899. The third-order valence-electron chi connectivity index (χ3n) is 4.00. The van der Waals surface area contributed by atoms with Gasteiger partial charge in [0.2, 0.25) is 5.91 Å². The van der Waals surface area contributed by atoms with Crippen molar-refractivity contribution >= 4 is 5.91 Å². The summed E-state index contributed by atoms with van der Waals surface area (Å²) in [5, 5.41) is 6.95. The van der Waals surface area contributed by atoms with E-state index in [9.17, 15) is 4.79 Å². The number of nitrogens with zero attached hydrogens (tertiary/aromatic N) is 3. The van der Waals surface area contributed by atoms with Gasteiger partial charge in [0, 0.05) is 20.0 Å². The molecule has 1 aliphatic heterocycles. The molecule has 122 valence electrons. The number of methoxy groups -OCH3 is 1. The molecule has 2 heterocycles. The van der Waals surface area contributed by atoms with E-state index >= 15 is 0 Å². The lowest BCUT2D eigenvalue weighted by Gasteiger charge is -2.25. The van der Waals surface area contributed by atoms with Crippen molar-refractivity contribution in [3.05, 3.63) is 35.9 Å². The fraction of sp³-hybridized carbons (Fsp3) is 0.438. The van der Waals surface area contributed by atoms with Crippen molar-refractivity contribution in [3.63, 3.8) is 0 Å².